The molecule has 178 valence electrons. The van der Waals surface area contributed by atoms with Gasteiger partial charge in [-0.1, -0.05) is 42.5 Å². The van der Waals surface area contributed by atoms with E-state index < -0.39 is 21.7 Å². The van der Waals surface area contributed by atoms with Crippen molar-refractivity contribution >= 4 is 27.7 Å². The van der Waals surface area contributed by atoms with Gasteiger partial charge >= 0.3 is 0 Å². The molecule has 6 nitrogen and oxygen atoms in total. The molecule has 1 aliphatic rings. The molecule has 33 heavy (non-hydrogen) atoms. The quantitative estimate of drug-likeness (QED) is 0.556. The monoisotopic (exact) mass is 477 g/mol. The number of piperazine rings is 1. The van der Waals surface area contributed by atoms with Gasteiger partial charge in [0.25, 0.3) is 0 Å². The number of carbonyl (C=O) groups is 1. The number of carbonyl (C=O) groups excluding carboxylic acids is 1. The highest BCUT2D eigenvalue weighted by Crippen LogP contribution is 2.21. The van der Waals surface area contributed by atoms with Crippen LogP contribution in [0, 0.1) is 11.6 Å². The lowest BCUT2D eigenvalue weighted by molar-refractivity contribution is -0.132. The third kappa shape index (κ3) is 7.36. The zero-order valence-electron chi connectivity index (χ0n) is 18.7. The van der Waals surface area contributed by atoms with Crippen molar-refractivity contribution in [2.24, 2.45) is 0 Å². The molecule has 1 saturated heterocycles. The van der Waals surface area contributed by atoms with Gasteiger partial charge in [-0.15, -0.1) is 0 Å². The van der Waals surface area contributed by atoms with Crippen LogP contribution in [-0.2, 0) is 14.8 Å². The molecule has 0 aliphatic carbocycles. The van der Waals surface area contributed by atoms with Gasteiger partial charge in [0.05, 0.1) is 11.9 Å². The maximum absolute atomic E-state index is 13.6. The fourth-order valence-electron chi connectivity index (χ4n) is 3.74. The van der Waals surface area contributed by atoms with E-state index in [1.807, 2.05) is 30.3 Å². The highest BCUT2D eigenvalue weighted by Gasteiger charge is 2.22. The summed E-state index contributed by atoms with van der Waals surface area (Å²) in [7, 11) is -3.70. The molecule has 0 N–H and O–H groups in total. The van der Waals surface area contributed by atoms with Crippen LogP contribution in [0.2, 0.25) is 0 Å². The Morgan fingerprint density at radius 1 is 1.03 bits per heavy atom. The second-order valence-electron chi connectivity index (χ2n) is 8.03. The Labute approximate surface area is 194 Å². The minimum Gasteiger partial charge on any atom is -0.340 e. The molecule has 3 rings (SSSR count). The first-order valence-corrected chi connectivity index (χ1v) is 12.7. The highest BCUT2D eigenvalue weighted by atomic mass is 32.2. The summed E-state index contributed by atoms with van der Waals surface area (Å²) in [4.78, 5) is 16.7. The number of hydrogen-bond acceptors (Lipinski definition) is 4. The van der Waals surface area contributed by atoms with Crippen molar-refractivity contribution in [2.75, 3.05) is 49.8 Å². The minimum atomic E-state index is -3.70. The third-order valence-corrected chi connectivity index (χ3v) is 6.74. The first-order chi connectivity index (χ1) is 15.7. The maximum Gasteiger partial charge on any atom is 0.232 e. The number of sulfonamides is 1. The number of anilines is 1. The molecule has 1 amide bonds. The van der Waals surface area contributed by atoms with E-state index in [4.69, 9.17) is 0 Å². The number of hydrogen-bond donors (Lipinski definition) is 0. The van der Waals surface area contributed by atoms with Gasteiger partial charge in [0.2, 0.25) is 15.9 Å². The van der Waals surface area contributed by atoms with Crippen molar-refractivity contribution in [1.82, 2.24) is 9.80 Å². The van der Waals surface area contributed by atoms with Gasteiger partial charge < -0.3 is 4.90 Å². The number of benzene rings is 2. The van der Waals surface area contributed by atoms with Gasteiger partial charge in [-0.25, -0.2) is 17.2 Å². The molecule has 0 saturated carbocycles. The van der Waals surface area contributed by atoms with E-state index in [1.165, 1.54) is 6.07 Å². The van der Waals surface area contributed by atoms with Crippen molar-refractivity contribution in [2.45, 2.75) is 12.8 Å². The van der Waals surface area contributed by atoms with Crippen LogP contribution >= 0.6 is 0 Å². The third-order valence-electron chi connectivity index (χ3n) is 5.54. The topological polar surface area (TPSA) is 60.9 Å². The highest BCUT2D eigenvalue weighted by molar-refractivity contribution is 7.92. The Bertz CT molecular complexity index is 1070. The van der Waals surface area contributed by atoms with Gasteiger partial charge in [-0.2, -0.15) is 0 Å². The summed E-state index contributed by atoms with van der Waals surface area (Å²) in [6, 6.07) is 13.0. The first-order valence-electron chi connectivity index (χ1n) is 10.9. The number of rotatable bonds is 9. The van der Waals surface area contributed by atoms with Crippen molar-refractivity contribution < 1.29 is 22.0 Å². The molecule has 0 unspecified atom stereocenters. The molecule has 0 atom stereocenters. The van der Waals surface area contributed by atoms with Gasteiger partial charge in [-0.05, 0) is 24.1 Å². The minimum absolute atomic E-state index is 0.0138. The average Bonchev–Trinajstić information content (AvgIpc) is 2.79. The first kappa shape index (κ1) is 24.9. The van der Waals surface area contributed by atoms with Crippen molar-refractivity contribution in [1.29, 1.82) is 0 Å². The molecule has 2 aromatic rings. The fourth-order valence-corrected chi connectivity index (χ4v) is 4.70. The van der Waals surface area contributed by atoms with Gasteiger partial charge in [0, 0.05) is 51.8 Å². The molecular formula is C24H29F2N3O3S. The number of nitrogens with zero attached hydrogens (tertiary/aromatic N) is 3. The summed E-state index contributed by atoms with van der Waals surface area (Å²) >= 11 is 0. The summed E-state index contributed by atoms with van der Waals surface area (Å²) in [5.41, 5.74) is 1.19. The molecule has 0 spiro atoms. The average molecular weight is 478 g/mol. The summed E-state index contributed by atoms with van der Waals surface area (Å²) in [5.74, 6) is -2.20. The Morgan fingerprint density at radius 2 is 1.73 bits per heavy atom. The SMILES string of the molecule is CS(=O)(=O)N(CCCC(=O)N1CCN(C/C=C/c2ccccc2)CC1)c1ccc(F)c(F)c1. The molecule has 0 bridgehead atoms. The Morgan fingerprint density at radius 3 is 2.36 bits per heavy atom. The van der Waals surface area contributed by atoms with Crippen LogP contribution in [0.1, 0.15) is 18.4 Å². The van der Waals surface area contributed by atoms with Crippen LogP contribution in [0.15, 0.2) is 54.6 Å². The maximum atomic E-state index is 13.6. The van der Waals surface area contributed by atoms with E-state index in [-0.39, 0.29) is 31.0 Å². The van der Waals surface area contributed by atoms with Crippen LogP contribution in [0.4, 0.5) is 14.5 Å². The molecular weight excluding hydrogens is 448 g/mol. The van der Waals surface area contributed by atoms with E-state index in [2.05, 4.69) is 17.1 Å². The van der Waals surface area contributed by atoms with Crippen molar-refractivity contribution in [3.05, 3.63) is 71.8 Å². The lowest BCUT2D eigenvalue weighted by Crippen LogP contribution is -2.48. The van der Waals surface area contributed by atoms with Crippen LogP contribution in [0.5, 0.6) is 0 Å². The standard InChI is InChI=1S/C24H29F2N3O3S/c1-33(31,32)29(21-11-12-22(25)23(26)19-21)14-6-10-24(30)28-17-15-27(16-18-28)13-5-9-20-7-3-2-4-8-20/h2-5,7-9,11-12,19H,6,10,13-18H2,1H3/b9-5+. The zero-order valence-corrected chi connectivity index (χ0v) is 19.5. The summed E-state index contributed by atoms with van der Waals surface area (Å²) in [6.45, 7) is 3.62. The van der Waals surface area contributed by atoms with E-state index in [9.17, 15) is 22.0 Å². The van der Waals surface area contributed by atoms with Gasteiger partial charge in [0.15, 0.2) is 11.6 Å². The lowest BCUT2D eigenvalue weighted by atomic mass is 10.2. The zero-order chi connectivity index (χ0) is 23.8. The molecule has 1 fully saturated rings. The Hall–Kier alpha value is -2.78. The predicted molar refractivity (Wildman–Crippen MR) is 126 cm³/mol. The van der Waals surface area contributed by atoms with Crippen LogP contribution < -0.4 is 4.31 Å². The molecule has 0 radical (unpaired) electrons. The fraction of sp³-hybridized carbons (Fsp3) is 0.375. The van der Waals surface area contributed by atoms with Crippen molar-refractivity contribution in [3.63, 3.8) is 0 Å². The van der Waals surface area contributed by atoms with Crippen LogP contribution in [0.25, 0.3) is 6.08 Å². The smallest absolute Gasteiger partial charge is 0.232 e. The second-order valence-corrected chi connectivity index (χ2v) is 9.94. The number of amides is 1. The largest absolute Gasteiger partial charge is 0.340 e. The summed E-state index contributed by atoms with van der Waals surface area (Å²) in [5, 5.41) is 0. The predicted octanol–water partition coefficient (Wildman–Crippen LogP) is 3.37. The van der Waals surface area contributed by atoms with E-state index in [0.29, 0.717) is 13.1 Å². The van der Waals surface area contributed by atoms with Crippen molar-refractivity contribution in [3.8, 4) is 0 Å². The van der Waals surface area contributed by atoms with Gasteiger partial charge in [-0.3, -0.25) is 14.0 Å². The van der Waals surface area contributed by atoms with Crippen LogP contribution in [0.3, 0.4) is 0 Å². The summed E-state index contributed by atoms with van der Waals surface area (Å²) < 4.78 is 52.0. The number of halogens is 2. The molecule has 0 aromatic heterocycles. The Balaban J connectivity index is 1.44. The molecule has 1 heterocycles. The second kappa shape index (κ2) is 11.4. The van der Waals surface area contributed by atoms with E-state index in [1.54, 1.807) is 4.90 Å². The van der Waals surface area contributed by atoms with Crippen LogP contribution in [-0.4, -0.2) is 69.6 Å². The molecule has 1 aliphatic heterocycles. The molecule has 2 aromatic carbocycles. The lowest BCUT2D eigenvalue weighted by Gasteiger charge is -2.34. The normalized spacial score (nSPS) is 15.2. The molecule has 9 heteroatoms. The Kier molecular flexibility index (Phi) is 8.57. The van der Waals surface area contributed by atoms with E-state index >= 15 is 0 Å². The van der Waals surface area contributed by atoms with Gasteiger partial charge in [0.1, 0.15) is 0 Å². The van der Waals surface area contributed by atoms with E-state index in [0.717, 1.165) is 47.9 Å². The summed E-state index contributed by atoms with van der Waals surface area (Å²) in [6.07, 6.45) is 5.67.